The molecule has 1 fully saturated rings. The van der Waals surface area contributed by atoms with E-state index in [9.17, 15) is 4.79 Å². The van der Waals surface area contributed by atoms with Crippen molar-refractivity contribution in [2.75, 3.05) is 13.7 Å². The first-order valence-electron chi connectivity index (χ1n) is 7.23. The van der Waals surface area contributed by atoms with E-state index in [-0.39, 0.29) is 17.4 Å². The van der Waals surface area contributed by atoms with Crippen LogP contribution in [-0.2, 0) is 4.79 Å². The number of thiazole rings is 1. The van der Waals surface area contributed by atoms with Crippen molar-refractivity contribution in [2.24, 2.45) is 0 Å². The number of nitrogens with one attached hydrogen (secondary N) is 1. The van der Waals surface area contributed by atoms with Crippen LogP contribution >= 0.6 is 23.1 Å². The Balaban J connectivity index is 1.87. The molecule has 1 aromatic heterocycles. The second-order valence-corrected chi connectivity index (χ2v) is 7.01. The maximum absolute atomic E-state index is 12.6. The van der Waals surface area contributed by atoms with Crippen LogP contribution in [0.25, 0.3) is 6.08 Å². The zero-order valence-corrected chi connectivity index (χ0v) is 14.8. The highest BCUT2D eigenvalue weighted by molar-refractivity contribution is 8.19. The standard InChI is InChI=1S/C17H13N3O3S2/c1-22-12-8-10(2-3-11(12)23-6-4-18)9-13-15(21)14(16(19)25-13)17-20-5-7-24-17/h2-3,5,7-9,14,19H,6H2,1H3/b13-9-,19-16?/t14-/m0/s1. The molecule has 25 heavy (non-hydrogen) atoms. The van der Waals surface area contributed by atoms with Crippen LogP contribution in [-0.4, -0.2) is 29.5 Å². The van der Waals surface area contributed by atoms with E-state index < -0.39 is 5.92 Å². The maximum Gasteiger partial charge on any atom is 0.186 e. The number of methoxy groups -OCH3 is 1. The fraction of sp³-hybridized carbons (Fsp3) is 0.176. The first kappa shape index (κ1) is 17.2. The van der Waals surface area contributed by atoms with Crippen LogP contribution < -0.4 is 9.47 Å². The smallest absolute Gasteiger partial charge is 0.186 e. The third-order valence-electron chi connectivity index (χ3n) is 3.46. The average molecular weight is 371 g/mol. The number of thioether (sulfide) groups is 1. The van der Waals surface area contributed by atoms with Crippen molar-refractivity contribution in [1.29, 1.82) is 10.7 Å². The molecule has 1 aromatic carbocycles. The number of aromatic nitrogens is 1. The van der Waals surface area contributed by atoms with Crippen LogP contribution in [0.4, 0.5) is 0 Å². The molecule has 0 spiro atoms. The number of nitrogens with zero attached hydrogens (tertiary/aromatic N) is 2. The number of ether oxygens (including phenoxy) is 2. The lowest BCUT2D eigenvalue weighted by molar-refractivity contribution is -0.114. The summed E-state index contributed by atoms with van der Waals surface area (Å²) in [6, 6.07) is 7.10. The molecule has 0 radical (unpaired) electrons. The van der Waals surface area contributed by atoms with E-state index in [4.69, 9.17) is 20.1 Å². The van der Waals surface area contributed by atoms with Gasteiger partial charge in [-0.2, -0.15) is 5.26 Å². The summed E-state index contributed by atoms with van der Waals surface area (Å²) in [4.78, 5) is 17.3. The molecule has 0 saturated carbocycles. The summed E-state index contributed by atoms with van der Waals surface area (Å²) < 4.78 is 10.6. The fourth-order valence-electron chi connectivity index (χ4n) is 2.35. The van der Waals surface area contributed by atoms with Crippen LogP contribution in [0, 0.1) is 16.7 Å². The summed E-state index contributed by atoms with van der Waals surface area (Å²) in [7, 11) is 1.51. The van der Waals surface area contributed by atoms with Gasteiger partial charge in [-0.15, -0.1) is 11.3 Å². The Morgan fingerprint density at radius 2 is 2.28 bits per heavy atom. The van der Waals surface area contributed by atoms with Crippen molar-refractivity contribution in [2.45, 2.75) is 5.92 Å². The Morgan fingerprint density at radius 1 is 1.44 bits per heavy atom. The largest absolute Gasteiger partial charge is 0.493 e. The van der Waals surface area contributed by atoms with E-state index in [1.54, 1.807) is 35.9 Å². The fourth-order valence-corrected chi connectivity index (χ4v) is 4.15. The van der Waals surface area contributed by atoms with Crippen molar-refractivity contribution in [1.82, 2.24) is 4.98 Å². The number of carbonyl (C=O) groups excluding carboxylic acids is 1. The van der Waals surface area contributed by atoms with Crippen LogP contribution in [0.15, 0.2) is 34.7 Å². The lowest BCUT2D eigenvalue weighted by Gasteiger charge is -2.09. The molecule has 0 aliphatic carbocycles. The topological polar surface area (TPSA) is 96.1 Å². The molecule has 1 N–H and O–H groups in total. The van der Waals surface area contributed by atoms with Crippen molar-refractivity contribution in [3.05, 3.63) is 45.3 Å². The van der Waals surface area contributed by atoms with E-state index >= 15 is 0 Å². The van der Waals surface area contributed by atoms with Gasteiger partial charge in [0.15, 0.2) is 23.9 Å². The highest BCUT2D eigenvalue weighted by atomic mass is 32.2. The minimum atomic E-state index is -0.601. The van der Waals surface area contributed by atoms with Crippen molar-refractivity contribution < 1.29 is 14.3 Å². The Bertz CT molecular complexity index is 885. The molecule has 2 aromatic rings. The van der Waals surface area contributed by atoms with Crippen molar-refractivity contribution in [3.63, 3.8) is 0 Å². The second kappa shape index (κ2) is 7.51. The number of allylic oxidation sites excluding steroid dienone is 1. The summed E-state index contributed by atoms with van der Waals surface area (Å²) in [5.41, 5.74) is 0.754. The molecule has 0 bridgehead atoms. The van der Waals surface area contributed by atoms with Gasteiger partial charge in [0.05, 0.1) is 17.1 Å². The van der Waals surface area contributed by atoms with Crippen LogP contribution in [0.1, 0.15) is 16.5 Å². The van der Waals surface area contributed by atoms with Crippen LogP contribution in [0.5, 0.6) is 11.5 Å². The molecule has 1 aliphatic rings. The Labute approximate surface area is 152 Å². The molecular formula is C17H13N3O3S2. The third kappa shape index (κ3) is 3.57. The van der Waals surface area contributed by atoms with Gasteiger partial charge in [-0.1, -0.05) is 17.8 Å². The van der Waals surface area contributed by atoms with Crippen molar-refractivity contribution >= 4 is 40.0 Å². The third-order valence-corrected chi connectivity index (χ3v) is 5.30. The van der Waals surface area contributed by atoms with Gasteiger partial charge in [-0.25, -0.2) is 4.98 Å². The van der Waals surface area contributed by atoms with Crippen LogP contribution in [0.2, 0.25) is 0 Å². The number of hydrogen-bond acceptors (Lipinski definition) is 8. The SMILES string of the molecule is COc1cc(/C=C2\SC(=N)[C@@H](c3nccs3)C2=O)ccc1OCC#N. The Hall–Kier alpha value is -2.63. The monoisotopic (exact) mass is 371 g/mol. The molecule has 6 nitrogen and oxygen atoms in total. The highest BCUT2D eigenvalue weighted by Gasteiger charge is 2.38. The minimum Gasteiger partial charge on any atom is -0.493 e. The molecule has 8 heteroatoms. The molecular weight excluding hydrogens is 358 g/mol. The second-order valence-electron chi connectivity index (χ2n) is 5.00. The van der Waals surface area contributed by atoms with Gasteiger partial charge in [0.1, 0.15) is 17.0 Å². The van der Waals surface area contributed by atoms with Gasteiger partial charge in [0.25, 0.3) is 0 Å². The predicted octanol–water partition coefficient (Wildman–Crippen LogP) is 3.47. The van der Waals surface area contributed by atoms with E-state index in [0.29, 0.717) is 21.4 Å². The lowest BCUT2D eigenvalue weighted by Crippen LogP contribution is -2.11. The summed E-state index contributed by atoms with van der Waals surface area (Å²) in [6.45, 7) is -0.0716. The van der Waals surface area contributed by atoms with E-state index in [0.717, 1.165) is 17.3 Å². The first-order valence-corrected chi connectivity index (χ1v) is 8.93. The molecule has 126 valence electrons. The number of rotatable bonds is 5. The quantitative estimate of drug-likeness (QED) is 0.809. The Morgan fingerprint density at radius 3 is 2.96 bits per heavy atom. The highest BCUT2D eigenvalue weighted by Crippen LogP contribution is 2.41. The normalized spacial score (nSPS) is 18.4. The summed E-state index contributed by atoms with van der Waals surface area (Å²) in [5, 5.41) is 19.4. The average Bonchev–Trinajstić information content (AvgIpc) is 3.22. The summed E-state index contributed by atoms with van der Waals surface area (Å²) in [5.74, 6) is 0.224. The zero-order chi connectivity index (χ0) is 17.8. The lowest BCUT2D eigenvalue weighted by atomic mass is 10.0. The van der Waals surface area contributed by atoms with Gasteiger partial charge >= 0.3 is 0 Å². The molecule has 1 aliphatic heterocycles. The van der Waals surface area contributed by atoms with E-state index in [1.165, 1.54) is 18.4 Å². The minimum absolute atomic E-state index is 0.0716. The molecule has 1 saturated heterocycles. The van der Waals surface area contributed by atoms with Crippen molar-refractivity contribution in [3.8, 4) is 17.6 Å². The molecule has 0 amide bonds. The maximum atomic E-state index is 12.6. The van der Waals surface area contributed by atoms with E-state index in [1.807, 2.05) is 6.07 Å². The molecule has 2 heterocycles. The number of hydrogen-bond donors (Lipinski definition) is 1. The zero-order valence-electron chi connectivity index (χ0n) is 13.2. The number of Topliss-reactive ketones (excluding diaryl/α,β-unsaturated/α-hetero) is 1. The van der Waals surface area contributed by atoms with Gasteiger partial charge in [-0.3, -0.25) is 10.2 Å². The first-order chi connectivity index (χ1) is 12.1. The van der Waals surface area contributed by atoms with E-state index in [2.05, 4.69) is 4.98 Å². The number of carbonyl (C=O) groups is 1. The molecule has 0 unspecified atom stereocenters. The Kier molecular flexibility index (Phi) is 5.16. The van der Waals surface area contributed by atoms with Crippen LogP contribution in [0.3, 0.4) is 0 Å². The number of ketones is 1. The number of benzene rings is 1. The molecule has 1 atom stereocenters. The number of nitriles is 1. The molecule has 3 rings (SSSR count). The predicted molar refractivity (Wildman–Crippen MR) is 97.3 cm³/mol. The summed E-state index contributed by atoms with van der Waals surface area (Å²) >= 11 is 2.53. The van der Waals surface area contributed by atoms with Gasteiger partial charge in [-0.05, 0) is 23.8 Å². The van der Waals surface area contributed by atoms with Gasteiger partial charge in [0.2, 0.25) is 0 Å². The summed E-state index contributed by atoms with van der Waals surface area (Å²) in [6.07, 6.45) is 3.36. The van der Waals surface area contributed by atoms with Gasteiger partial charge in [0, 0.05) is 11.6 Å². The van der Waals surface area contributed by atoms with Gasteiger partial charge < -0.3 is 9.47 Å².